The van der Waals surface area contributed by atoms with Gasteiger partial charge in [0.15, 0.2) is 0 Å². The maximum atomic E-state index is 12.9. The Kier molecular flexibility index (Phi) is 5.96. The maximum absolute atomic E-state index is 12.9. The number of rotatable bonds is 4. The van der Waals surface area contributed by atoms with Gasteiger partial charge in [-0.3, -0.25) is 14.3 Å². The van der Waals surface area contributed by atoms with Gasteiger partial charge in [-0.25, -0.2) is 0 Å². The van der Waals surface area contributed by atoms with Crippen LogP contribution >= 0.6 is 0 Å². The van der Waals surface area contributed by atoms with Crippen molar-refractivity contribution in [3.05, 3.63) is 17.5 Å². The summed E-state index contributed by atoms with van der Waals surface area (Å²) in [6.45, 7) is 7.44. The highest BCUT2D eigenvalue weighted by molar-refractivity contribution is 5.92. The van der Waals surface area contributed by atoms with Crippen molar-refractivity contribution in [2.24, 2.45) is 13.0 Å². The highest BCUT2D eigenvalue weighted by atomic mass is 16.5. The van der Waals surface area contributed by atoms with Crippen LogP contribution in [0.4, 0.5) is 0 Å². The lowest BCUT2D eigenvalue weighted by molar-refractivity contribution is -0.140. The second kappa shape index (κ2) is 8.20. The fraction of sp³-hybridized carbons (Fsp3) is 0.737. The summed E-state index contributed by atoms with van der Waals surface area (Å²) in [5, 5.41) is 4.47. The molecular formula is C19H30N4O3. The van der Waals surface area contributed by atoms with Crippen LogP contribution in [0.2, 0.25) is 0 Å². The molecular weight excluding hydrogens is 332 g/mol. The third-order valence-corrected chi connectivity index (χ3v) is 5.07. The lowest BCUT2D eigenvalue weighted by Gasteiger charge is -2.24. The van der Waals surface area contributed by atoms with Crippen LogP contribution in [-0.4, -0.2) is 70.3 Å². The number of amides is 2. The molecule has 7 heteroatoms. The fourth-order valence-electron chi connectivity index (χ4n) is 3.72. The standard InChI is InChI=1S/C19H30N4O3/c1-14(2)12-15-13-16(21(3)20-15)18(24)22-7-5-8-23(10-9-22)19(25)17-6-4-11-26-17/h13-14,17H,4-12H2,1-3H3. The van der Waals surface area contributed by atoms with Crippen LogP contribution in [0.15, 0.2) is 6.07 Å². The molecule has 0 N–H and O–H groups in total. The van der Waals surface area contributed by atoms with Crippen molar-refractivity contribution in [1.82, 2.24) is 19.6 Å². The molecule has 1 aromatic rings. The van der Waals surface area contributed by atoms with E-state index in [9.17, 15) is 9.59 Å². The summed E-state index contributed by atoms with van der Waals surface area (Å²) in [7, 11) is 1.82. The summed E-state index contributed by atoms with van der Waals surface area (Å²) >= 11 is 0. The fourth-order valence-corrected chi connectivity index (χ4v) is 3.72. The first kappa shape index (κ1) is 18.9. The Morgan fingerprint density at radius 1 is 1.19 bits per heavy atom. The molecule has 0 spiro atoms. The van der Waals surface area contributed by atoms with Crippen LogP contribution in [0, 0.1) is 5.92 Å². The van der Waals surface area contributed by atoms with Gasteiger partial charge in [-0.15, -0.1) is 0 Å². The Labute approximate surface area is 155 Å². The van der Waals surface area contributed by atoms with Gasteiger partial charge in [0.05, 0.1) is 5.69 Å². The molecule has 2 aliphatic heterocycles. The molecule has 7 nitrogen and oxygen atoms in total. The van der Waals surface area contributed by atoms with Crippen LogP contribution < -0.4 is 0 Å². The molecule has 1 unspecified atom stereocenters. The van der Waals surface area contributed by atoms with Gasteiger partial charge in [0.2, 0.25) is 0 Å². The lowest BCUT2D eigenvalue weighted by atomic mass is 10.1. The molecule has 3 heterocycles. The van der Waals surface area contributed by atoms with E-state index in [1.807, 2.05) is 22.9 Å². The number of carbonyl (C=O) groups is 2. The van der Waals surface area contributed by atoms with Gasteiger partial charge in [-0.2, -0.15) is 5.10 Å². The van der Waals surface area contributed by atoms with E-state index in [2.05, 4.69) is 18.9 Å². The molecule has 0 aromatic carbocycles. The van der Waals surface area contributed by atoms with Gasteiger partial charge >= 0.3 is 0 Å². The highest BCUT2D eigenvalue weighted by Crippen LogP contribution is 2.17. The predicted octanol–water partition coefficient (Wildman–Crippen LogP) is 1.47. The number of aryl methyl sites for hydroxylation is 1. The first-order valence-corrected chi connectivity index (χ1v) is 9.68. The molecule has 2 fully saturated rings. The summed E-state index contributed by atoms with van der Waals surface area (Å²) < 4.78 is 7.20. The third kappa shape index (κ3) is 4.26. The molecule has 0 aliphatic carbocycles. The summed E-state index contributed by atoms with van der Waals surface area (Å²) in [4.78, 5) is 29.2. The van der Waals surface area contributed by atoms with E-state index in [1.54, 1.807) is 4.68 Å². The number of carbonyl (C=O) groups excluding carboxylic acids is 2. The molecule has 0 bridgehead atoms. The van der Waals surface area contributed by atoms with Crippen molar-refractivity contribution in [3.63, 3.8) is 0 Å². The molecule has 0 saturated carbocycles. The molecule has 3 rings (SSSR count). The van der Waals surface area contributed by atoms with Crippen LogP contribution in [0.1, 0.15) is 49.3 Å². The molecule has 2 saturated heterocycles. The van der Waals surface area contributed by atoms with Gasteiger partial charge in [0.25, 0.3) is 11.8 Å². The Balaban J connectivity index is 1.62. The monoisotopic (exact) mass is 362 g/mol. The van der Waals surface area contributed by atoms with E-state index in [0.717, 1.165) is 31.4 Å². The quantitative estimate of drug-likeness (QED) is 0.813. The van der Waals surface area contributed by atoms with Crippen LogP contribution in [0.3, 0.4) is 0 Å². The van der Waals surface area contributed by atoms with Gasteiger partial charge in [0, 0.05) is 39.8 Å². The summed E-state index contributed by atoms with van der Waals surface area (Å²) in [6, 6.07) is 1.91. The number of ether oxygens (including phenoxy) is 1. The Bertz CT molecular complexity index is 649. The minimum absolute atomic E-state index is 0.00132. The summed E-state index contributed by atoms with van der Waals surface area (Å²) in [5.41, 5.74) is 1.58. The molecule has 144 valence electrons. The zero-order valence-electron chi connectivity index (χ0n) is 16.1. The summed E-state index contributed by atoms with van der Waals surface area (Å²) in [6.07, 6.45) is 3.14. The normalized spacial score (nSPS) is 21.3. The average Bonchev–Trinajstić information content (AvgIpc) is 3.17. The minimum Gasteiger partial charge on any atom is -0.368 e. The van der Waals surface area contributed by atoms with Crippen molar-refractivity contribution < 1.29 is 14.3 Å². The van der Waals surface area contributed by atoms with E-state index in [4.69, 9.17) is 4.74 Å². The second-order valence-corrected chi connectivity index (χ2v) is 7.72. The van der Waals surface area contributed by atoms with E-state index < -0.39 is 0 Å². The van der Waals surface area contributed by atoms with Crippen LogP contribution in [0.5, 0.6) is 0 Å². The van der Waals surface area contributed by atoms with E-state index in [-0.39, 0.29) is 17.9 Å². The molecule has 0 radical (unpaired) electrons. The largest absolute Gasteiger partial charge is 0.368 e. The van der Waals surface area contributed by atoms with Crippen molar-refractivity contribution in [2.75, 3.05) is 32.8 Å². The van der Waals surface area contributed by atoms with Crippen LogP contribution in [-0.2, 0) is 23.0 Å². The Morgan fingerprint density at radius 2 is 1.92 bits per heavy atom. The lowest BCUT2D eigenvalue weighted by Crippen LogP contribution is -2.42. The average molecular weight is 362 g/mol. The van der Waals surface area contributed by atoms with Gasteiger partial charge in [-0.05, 0) is 37.7 Å². The van der Waals surface area contributed by atoms with Crippen molar-refractivity contribution in [2.45, 2.75) is 45.6 Å². The van der Waals surface area contributed by atoms with E-state index in [1.165, 1.54) is 0 Å². The SMILES string of the molecule is CC(C)Cc1cc(C(=O)N2CCCN(C(=O)C3CCCO3)CC2)n(C)n1. The van der Waals surface area contributed by atoms with Crippen LogP contribution in [0.25, 0.3) is 0 Å². The van der Waals surface area contributed by atoms with Gasteiger partial charge in [-0.1, -0.05) is 13.8 Å². The number of aromatic nitrogens is 2. The molecule has 1 aromatic heterocycles. The maximum Gasteiger partial charge on any atom is 0.272 e. The summed E-state index contributed by atoms with van der Waals surface area (Å²) in [5.74, 6) is 0.585. The molecule has 26 heavy (non-hydrogen) atoms. The first-order chi connectivity index (χ1) is 12.5. The van der Waals surface area contributed by atoms with Crippen molar-refractivity contribution >= 4 is 11.8 Å². The van der Waals surface area contributed by atoms with Gasteiger partial charge in [0.1, 0.15) is 11.8 Å². The van der Waals surface area contributed by atoms with Gasteiger partial charge < -0.3 is 14.5 Å². The second-order valence-electron chi connectivity index (χ2n) is 7.72. The Morgan fingerprint density at radius 3 is 2.62 bits per heavy atom. The molecule has 1 atom stereocenters. The van der Waals surface area contributed by atoms with Crippen molar-refractivity contribution in [3.8, 4) is 0 Å². The zero-order chi connectivity index (χ0) is 18.7. The minimum atomic E-state index is -0.284. The first-order valence-electron chi connectivity index (χ1n) is 9.68. The predicted molar refractivity (Wildman–Crippen MR) is 97.8 cm³/mol. The van der Waals surface area contributed by atoms with Crippen molar-refractivity contribution in [1.29, 1.82) is 0 Å². The highest BCUT2D eigenvalue weighted by Gasteiger charge is 2.30. The number of nitrogens with zero attached hydrogens (tertiary/aromatic N) is 4. The molecule has 2 amide bonds. The Hall–Kier alpha value is -1.89. The molecule has 2 aliphatic rings. The van der Waals surface area contributed by atoms with E-state index >= 15 is 0 Å². The smallest absolute Gasteiger partial charge is 0.272 e. The topological polar surface area (TPSA) is 67.7 Å². The number of hydrogen-bond acceptors (Lipinski definition) is 4. The number of hydrogen-bond donors (Lipinski definition) is 0. The van der Waals surface area contributed by atoms with E-state index in [0.29, 0.717) is 44.4 Å². The zero-order valence-corrected chi connectivity index (χ0v) is 16.1. The third-order valence-electron chi connectivity index (χ3n) is 5.07.